The molecule has 1 aliphatic heterocycles. The van der Waals surface area contributed by atoms with Crippen molar-refractivity contribution in [3.05, 3.63) is 109 Å². The minimum atomic E-state index is 0.0882. The van der Waals surface area contributed by atoms with Crippen LogP contribution in [0.15, 0.2) is 103 Å². The first-order valence-electron chi connectivity index (χ1n) is 14.2. The SMILES string of the molecule is CC(C)(C)C1CCC2(C)C(C1)c1cc(-c3c4ccccc4cc4ccccc34)ccc1N2c1ccccc1. The van der Waals surface area contributed by atoms with Gasteiger partial charge in [-0.1, -0.05) is 93.6 Å². The Balaban J connectivity index is 1.47. The lowest BCUT2D eigenvalue weighted by Gasteiger charge is -2.49. The Morgan fingerprint density at radius 3 is 2.03 bits per heavy atom. The summed E-state index contributed by atoms with van der Waals surface area (Å²) in [5.74, 6) is 1.24. The first-order valence-corrected chi connectivity index (χ1v) is 14.2. The van der Waals surface area contributed by atoms with Gasteiger partial charge in [-0.15, -0.1) is 0 Å². The average Bonchev–Trinajstić information content (AvgIpc) is 3.18. The van der Waals surface area contributed by atoms with Gasteiger partial charge >= 0.3 is 0 Å². The maximum atomic E-state index is 2.68. The first kappa shape index (κ1) is 23.5. The summed E-state index contributed by atoms with van der Waals surface area (Å²) in [4.78, 5) is 2.68. The van der Waals surface area contributed by atoms with Crippen LogP contribution in [0.2, 0.25) is 0 Å². The summed E-state index contributed by atoms with van der Waals surface area (Å²) < 4.78 is 0. The van der Waals surface area contributed by atoms with E-state index in [1.165, 1.54) is 68.9 Å². The zero-order chi connectivity index (χ0) is 26.1. The number of hydrogen-bond donors (Lipinski definition) is 0. The van der Waals surface area contributed by atoms with Crippen LogP contribution in [0.3, 0.4) is 0 Å². The fraction of sp³-hybridized carbons (Fsp3) is 0.297. The van der Waals surface area contributed by atoms with Gasteiger partial charge in [0.05, 0.1) is 0 Å². The van der Waals surface area contributed by atoms with E-state index in [0.717, 1.165) is 5.92 Å². The Kier molecular flexibility index (Phi) is 5.24. The van der Waals surface area contributed by atoms with E-state index in [1.54, 1.807) is 0 Å². The smallest absolute Gasteiger partial charge is 0.0492 e. The van der Waals surface area contributed by atoms with Gasteiger partial charge < -0.3 is 4.90 Å². The van der Waals surface area contributed by atoms with Gasteiger partial charge in [0, 0.05) is 22.8 Å². The zero-order valence-corrected chi connectivity index (χ0v) is 23.0. The molecule has 1 heterocycles. The lowest BCUT2D eigenvalue weighted by atomic mass is 9.62. The molecule has 0 amide bonds. The van der Waals surface area contributed by atoms with Crippen LogP contribution in [-0.2, 0) is 0 Å². The van der Waals surface area contributed by atoms with Gasteiger partial charge in [-0.3, -0.25) is 0 Å². The van der Waals surface area contributed by atoms with Gasteiger partial charge in [0.2, 0.25) is 0 Å². The van der Waals surface area contributed by atoms with Crippen LogP contribution in [0.5, 0.6) is 0 Å². The van der Waals surface area contributed by atoms with E-state index in [0.29, 0.717) is 11.3 Å². The summed E-state index contributed by atoms with van der Waals surface area (Å²) in [5.41, 5.74) is 7.36. The van der Waals surface area contributed by atoms with E-state index >= 15 is 0 Å². The molecule has 0 bridgehead atoms. The van der Waals surface area contributed by atoms with Crippen molar-refractivity contribution in [3.8, 4) is 11.1 Å². The van der Waals surface area contributed by atoms with Crippen LogP contribution < -0.4 is 4.90 Å². The lowest BCUT2D eigenvalue weighted by Crippen LogP contribution is -2.48. The highest BCUT2D eigenvalue weighted by atomic mass is 15.2. The van der Waals surface area contributed by atoms with Gasteiger partial charge in [-0.25, -0.2) is 0 Å². The van der Waals surface area contributed by atoms with Gasteiger partial charge in [0.1, 0.15) is 0 Å². The van der Waals surface area contributed by atoms with E-state index in [-0.39, 0.29) is 5.54 Å². The van der Waals surface area contributed by atoms with Gasteiger partial charge in [-0.2, -0.15) is 0 Å². The highest BCUT2D eigenvalue weighted by Gasteiger charge is 2.52. The molecule has 1 fully saturated rings. The minimum absolute atomic E-state index is 0.0882. The van der Waals surface area contributed by atoms with Crippen LogP contribution in [0, 0.1) is 11.3 Å². The highest BCUT2D eigenvalue weighted by Crippen LogP contribution is 2.60. The summed E-state index contributed by atoms with van der Waals surface area (Å²) in [6.07, 6.45) is 3.75. The molecule has 0 saturated heterocycles. The molecule has 3 atom stereocenters. The van der Waals surface area contributed by atoms with Crippen LogP contribution in [0.25, 0.3) is 32.7 Å². The maximum Gasteiger partial charge on any atom is 0.0492 e. The molecule has 3 unspecified atom stereocenters. The lowest BCUT2D eigenvalue weighted by molar-refractivity contribution is 0.127. The van der Waals surface area contributed by atoms with E-state index in [1.807, 2.05) is 0 Å². The second kappa shape index (κ2) is 8.46. The zero-order valence-electron chi connectivity index (χ0n) is 23.0. The number of hydrogen-bond acceptors (Lipinski definition) is 1. The average molecular weight is 496 g/mol. The number of para-hydroxylation sites is 1. The highest BCUT2D eigenvalue weighted by molar-refractivity contribution is 6.12. The molecule has 5 aromatic carbocycles. The summed E-state index contributed by atoms with van der Waals surface area (Å²) in [6.45, 7) is 9.83. The summed E-state index contributed by atoms with van der Waals surface area (Å²) in [6, 6.07) is 38.5. The second-order valence-electron chi connectivity index (χ2n) is 12.9. The van der Waals surface area contributed by atoms with Crippen LogP contribution in [0.4, 0.5) is 11.4 Å². The van der Waals surface area contributed by atoms with E-state index in [4.69, 9.17) is 0 Å². The minimum Gasteiger partial charge on any atom is -0.335 e. The van der Waals surface area contributed by atoms with E-state index in [2.05, 4.69) is 136 Å². The van der Waals surface area contributed by atoms with Crippen molar-refractivity contribution in [2.75, 3.05) is 4.90 Å². The van der Waals surface area contributed by atoms with Crippen molar-refractivity contribution in [3.63, 3.8) is 0 Å². The third-order valence-electron chi connectivity index (χ3n) is 9.72. The van der Waals surface area contributed by atoms with E-state index in [9.17, 15) is 0 Å². The molecule has 0 N–H and O–H groups in total. The number of fused-ring (bicyclic) bond motifs is 5. The monoisotopic (exact) mass is 495 g/mol. The normalized spacial score (nSPS) is 23.0. The van der Waals surface area contributed by atoms with Crippen molar-refractivity contribution in [1.82, 2.24) is 0 Å². The van der Waals surface area contributed by atoms with Gasteiger partial charge in [0.25, 0.3) is 0 Å². The second-order valence-corrected chi connectivity index (χ2v) is 12.9. The molecule has 0 aromatic heterocycles. The standard InChI is InChI=1S/C37H37N/c1-36(2,3)28-20-21-37(4)33(24-28)32-23-27(18-19-34(32)38(37)29-14-6-5-7-15-29)35-30-16-10-8-12-25(30)22-26-13-9-11-17-31(26)35/h5-19,22-23,28,33H,20-21,24H2,1-4H3. The predicted molar refractivity (Wildman–Crippen MR) is 163 cm³/mol. The Labute approximate surface area is 227 Å². The Morgan fingerprint density at radius 2 is 1.37 bits per heavy atom. The largest absolute Gasteiger partial charge is 0.335 e. The Morgan fingerprint density at radius 1 is 0.737 bits per heavy atom. The first-order chi connectivity index (χ1) is 18.3. The van der Waals surface area contributed by atoms with E-state index < -0.39 is 0 Å². The van der Waals surface area contributed by atoms with Crippen molar-refractivity contribution in [2.45, 2.75) is 58.4 Å². The number of anilines is 2. The molecule has 1 nitrogen and oxygen atoms in total. The van der Waals surface area contributed by atoms with Gasteiger partial charge in [0.15, 0.2) is 0 Å². The summed E-state index contributed by atoms with van der Waals surface area (Å²) >= 11 is 0. The maximum absolute atomic E-state index is 2.68. The van der Waals surface area contributed by atoms with Gasteiger partial charge in [-0.05, 0) is 106 Å². The molecular formula is C37H37N. The Hall–Kier alpha value is -3.58. The number of benzene rings is 5. The number of nitrogens with zero attached hydrogens (tertiary/aromatic N) is 1. The van der Waals surface area contributed by atoms with Crippen LogP contribution >= 0.6 is 0 Å². The predicted octanol–water partition coefficient (Wildman–Crippen LogP) is 10.5. The molecule has 2 aliphatic rings. The summed E-state index contributed by atoms with van der Waals surface area (Å²) in [7, 11) is 0. The fourth-order valence-corrected chi connectivity index (χ4v) is 7.62. The molecule has 0 spiro atoms. The van der Waals surface area contributed by atoms with Crippen molar-refractivity contribution < 1.29 is 0 Å². The molecular weight excluding hydrogens is 458 g/mol. The molecule has 1 aliphatic carbocycles. The molecule has 5 aromatic rings. The third-order valence-corrected chi connectivity index (χ3v) is 9.72. The molecule has 190 valence electrons. The Bertz CT molecular complexity index is 1600. The quantitative estimate of drug-likeness (QED) is 0.220. The third kappa shape index (κ3) is 3.52. The van der Waals surface area contributed by atoms with Crippen molar-refractivity contribution in [2.24, 2.45) is 11.3 Å². The van der Waals surface area contributed by atoms with Crippen molar-refractivity contribution in [1.29, 1.82) is 0 Å². The molecule has 0 radical (unpaired) electrons. The summed E-state index contributed by atoms with van der Waals surface area (Å²) in [5, 5.41) is 5.29. The van der Waals surface area contributed by atoms with Crippen molar-refractivity contribution >= 4 is 32.9 Å². The van der Waals surface area contributed by atoms with Crippen LogP contribution in [0.1, 0.15) is 58.4 Å². The fourth-order valence-electron chi connectivity index (χ4n) is 7.62. The molecule has 7 rings (SSSR count). The molecule has 1 heteroatoms. The molecule has 1 saturated carbocycles. The molecule has 38 heavy (non-hydrogen) atoms. The topological polar surface area (TPSA) is 3.24 Å². The number of rotatable bonds is 2. The van der Waals surface area contributed by atoms with Crippen LogP contribution in [-0.4, -0.2) is 5.54 Å².